The number of carboxylic acid groups (broad SMARTS) is 2. The second-order valence-corrected chi connectivity index (χ2v) is 11.8. The molecular formula is C44H32N2O8. The number of anilines is 2. The van der Waals surface area contributed by atoms with Crippen molar-refractivity contribution in [2.24, 2.45) is 0 Å². The quantitative estimate of drug-likeness (QED) is 0.0922. The van der Waals surface area contributed by atoms with E-state index in [1.807, 2.05) is 48.5 Å². The largest absolute Gasteiger partial charge is 0.478 e. The van der Waals surface area contributed by atoms with Gasteiger partial charge in [0, 0.05) is 11.4 Å². The fourth-order valence-corrected chi connectivity index (χ4v) is 5.44. The fraction of sp³-hybridized carbons (Fsp3) is 0. The van der Waals surface area contributed by atoms with Gasteiger partial charge in [0.15, 0.2) is 0 Å². The van der Waals surface area contributed by atoms with Gasteiger partial charge >= 0.3 is 11.9 Å². The molecule has 6 aromatic rings. The van der Waals surface area contributed by atoms with Gasteiger partial charge in [-0.25, -0.2) is 9.59 Å². The van der Waals surface area contributed by atoms with Gasteiger partial charge in [0.1, 0.15) is 23.0 Å². The van der Waals surface area contributed by atoms with Crippen LogP contribution in [-0.2, 0) is 0 Å². The Labute approximate surface area is 310 Å². The van der Waals surface area contributed by atoms with Crippen LogP contribution in [0.2, 0.25) is 0 Å². The minimum absolute atomic E-state index is 0.0318. The second-order valence-electron chi connectivity index (χ2n) is 11.8. The highest BCUT2D eigenvalue weighted by atomic mass is 16.5. The third-order valence-electron chi connectivity index (χ3n) is 8.25. The number of carboxylic acids is 2. The summed E-state index contributed by atoms with van der Waals surface area (Å²) >= 11 is 0. The Hall–Kier alpha value is -7.72. The van der Waals surface area contributed by atoms with E-state index in [4.69, 9.17) is 9.47 Å². The summed E-state index contributed by atoms with van der Waals surface area (Å²) in [6, 6.07) is 37.4. The van der Waals surface area contributed by atoms with Gasteiger partial charge < -0.3 is 30.3 Å². The fourth-order valence-electron chi connectivity index (χ4n) is 5.44. The molecule has 0 aliphatic rings. The van der Waals surface area contributed by atoms with E-state index >= 15 is 0 Å². The van der Waals surface area contributed by atoms with Gasteiger partial charge in [-0.3, -0.25) is 9.59 Å². The first-order valence-electron chi connectivity index (χ1n) is 16.5. The third-order valence-corrected chi connectivity index (χ3v) is 8.25. The molecule has 0 aliphatic carbocycles. The minimum atomic E-state index is -1.20. The lowest BCUT2D eigenvalue weighted by molar-refractivity contribution is 0.0683. The van der Waals surface area contributed by atoms with E-state index in [0.29, 0.717) is 45.5 Å². The molecule has 0 spiro atoms. The summed E-state index contributed by atoms with van der Waals surface area (Å²) in [5.74, 6) is -1.20. The topological polar surface area (TPSA) is 151 Å². The number of rotatable bonds is 13. The Kier molecular flexibility index (Phi) is 10.8. The van der Waals surface area contributed by atoms with Gasteiger partial charge in [-0.15, -0.1) is 0 Å². The molecule has 0 fully saturated rings. The number of aromatic carboxylic acids is 2. The Bertz CT molecular complexity index is 2210. The highest BCUT2D eigenvalue weighted by Gasteiger charge is 2.18. The molecule has 4 N–H and O–H groups in total. The van der Waals surface area contributed by atoms with Crippen LogP contribution in [0.3, 0.4) is 0 Å². The lowest BCUT2D eigenvalue weighted by Crippen LogP contribution is -2.16. The zero-order valence-corrected chi connectivity index (χ0v) is 28.6. The van der Waals surface area contributed by atoms with Crippen molar-refractivity contribution in [3.63, 3.8) is 0 Å². The van der Waals surface area contributed by atoms with Gasteiger partial charge in [-0.2, -0.15) is 0 Å². The van der Waals surface area contributed by atoms with Crippen LogP contribution in [0.5, 0.6) is 23.0 Å². The molecular weight excluding hydrogens is 684 g/mol. The number of hydrogen-bond acceptors (Lipinski definition) is 6. The van der Waals surface area contributed by atoms with Crippen LogP contribution < -0.4 is 20.1 Å². The molecule has 0 unspecified atom stereocenters. The molecule has 0 heterocycles. The average Bonchev–Trinajstić information content (AvgIpc) is 3.19. The number of ether oxygens (including phenoxy) is 2. The SMILES string of the molecule is C=Cc1ccc(C(=O)O)c(C(=O)Nc2ccc(Oc3ccc(-c4ccc(Oc5ccc(NC(=O)c6cc(C=C)ccc6C(=O)O)cc5)cc4)cc3)cc2)c1. The second kappa shape index (κ2) is 16.1. The Morgan fingerprint density at radius 2 is 0.759 bits per heavy atom. The van der Waals surface area contributed by atoms with Crippen LogP contribution >= 0.6 is 0 Å². The standard InChI is InChI=1S/C44H32N2O8/c1-3-27-5-23-37(43(49)50)39(25-27)41(47)45-31-11-19-35(20-12-31)53-33-15-7-29(8-16-33)30-9-17-34(18-10-30)54-36-21-13-32(14-22-36)46-42(48)40-26-28(4-2)6-24-38(40)44(51)52/h3-26H,1-2H2,(H,45,47)(H,46,48)(H,49,50)(H,51,52). The van der Waals surface area contributed by atoms with Crippen molar-refractivity contribution in [1.82, 2.24) is 0 Å². The molecule has 10 heteroatoms. The van der Waals surface area contributed by atoms with Crippen LogP contribution in [0.25, 0.3) is 23.3 Å². The van der Waals surface area contributed by atoms with E-state index in [0.717, 1.165) is 11.1 Å². The summed E-state index contributed by atoms with van der Waals surface area (Å²) in [5.41, 5.74) is 3.97. The monoisotopic (exact) mass is 716 g/mol. The predicted molar refractivity (Wildman–Crippen MR) is 208 cm³/mol. The first kappa shape index (κ1) is 36.1. The van der Waals surface area contributed by atoms with Gasteiger partial charge in [0.2, 0.25) is 0 Å². The number of carbonyl (C=O) groups excluding carboxylic acids is 2. The molecule has 2 amide bonds. The summed E-state index contributed by atoms with van der Waals surface area (Å²) in [5, 5.41) is 24.4. The van der Waals surface area contributed by atoms with Crippen molar-refractivity contribution >= 4 is 47.3 Å². The van der Waals surface area contributed by atoms with E-state index < -0.39 is 23.8 Å². The molecule has 0 atom stereocenters. The Balaban J connectivity index is 1.03. The molecule has 0 saturated heterocycles. The highest BCUT2D eigenvalue weighted by Crippen LogP contribution is 2.30. The molecule has 0 aliphatic heterocycles. The van der Waals surface area contributed by atoms with Crippen LogP contribution in [0, 0.1) is 0 Å². The summed E-state index contributed by atoms with van der Waals surface area (Å²) in [6.07, 6.45) is 3.08. The number of nitrogens with one attached hydrogen (secondary N) is 2. The van der Waals surface area contributed by atoms with Crippen molar-refractivity contribution in [3.8, 4) is 34.1 Å². The van der Waals surface area contributed by atoms with E-state index in [1.54, 1.807) is 60.7 Å². The molecule has 10 nitrogen and oxygen atoms in total. The molecule has 0 bridgehead atoms. The van der Waals surface area contributed by atoms with Crippen LogP contribution in [0.15, 0.2) is 147 Å². The van der Waals surface area contributed by atoms with Gasteiger partial charge in [-0.05, 0) is 119 Å². The van der Waals surface area contributed by atoms with Crippen LogP contribution in [0.1, 0.15) is 52.6 Å². The van der Waals surface area contributed by atoms with E-state index in [1.165, 1.54) is 36.4 Å². The lowest BCUT2D eigenvalue weighted by atomic mass is 10.0. The van der Waals surface area contributed by atoms with Crippen molar-refractivity contribution in [2.75, 3.05) is 10.6 Å². The Morgan fingerprint density at radius 1 is 0.444 bits per heavy atom. The molecule has 54 heavy (non-hydrogen) atoms. The number of benzene rings is 6. The molecule has 6 aromatic carbocycles. The molecule has 266 valence electrons. The molecule has 0 aromatic heterocycles. The maximum Gasteiger partial charge on any atom is 0.336 e. The van der Waals surface area contributed by atoms with E-state index in [-0.39, 0.29) is 22.3 Å². The number of carbonyl (C=O) groups is 4. The normalized spacial score (nSPS) is 10.4. The maximum atomic E-state index is 12.9. The van der Waals surface area contributed by atoms with Gasteiger partial charge in [0.25, 0.3) is 11.8 Å². The van der Waals surface area contributed by atoms with Crippen molar-refractivity contribution in [2.45, 2.75) is 0 Å². The maximum absolute atomic E-state index is 12.9. The first-order valence-corrected chi connectivity index (χ1v) is 16.5. The summed E-state index contributed by atoms with van der Waals surface area (Å²) in [7, 11) is 0. The van der Waals surface area contributed by atoms with Gasteiger partial charge in [-0.1, -0.05) is 61.7 Å². The molecule has 0 saturated carbocycles. The summed E-state index contributed by atoms with van der Waals surface area (Å²) in [4.78, 5) is 49.0. The van der Waals surface area contributed by atoms with Crippen molar-refractivity contribution < 1.29 is 38.9 Å². The molecule has 0 radical (unpaired) electrons. The Morgan fingerprint density at radius 3 is 1.06 bits per heavy atom. The number of hydrogen-bond donors (Lipinski definition) is 4. The zero-order chi connectivity index (χ0) is 38.2. The lowest BCUT2D eigenvalue weighted by Gasteiger charge is -2.11. The third kappa shape index (κ3) is 8.59. The van der Waals surface area contributed by atoms with Gasteiger partial charge in [0.05, 0.1) is 22.3 Å². The summed E-state index contributed by atoms with van der Waals surface area (Å²) < 4.78 is 12.0. The van der Waals surface area contributed by atoms with E-state index in [9.17, 15) is 29.4 Å². The van der Waals surface area contributed by atoms with Crippen LogP contribution in [0.4, 0.5) is 11.4 Å². The highest BCUT2D eigenvalue weighted by molar-refractivity contribution is 6.12. The first-order chi connectivity index (χ1) is 26.1. The average molecular weight is 717 g/mol. The van der Waals surface area contributed by atoms with Crippen molar-refractivity contribution in [1.29, 1.82) is 0 Å². The molecule has 6 rings (SSSR count). The zero-order valence-electron chi connectivity index (χ0n) is 28.6. The minimum Gasteiger partial charge on any atom is -0.478 e. The number of amides is 2. The summed E-state index contributed by atoms with van der Waals surface area (Å²) in [6.45, 7) is 7.35. The van der Waals surface area contributed by atoms with Crippen molar-refractivity contribution in [3.05, 3.63) is 180 Å². The smallest absolute Gasteiger partial charge is 0.336 e. The van der Waals surface area contributed by atoms with E-state index in [2.05, 4.69) is 23.8 Å². The van der Waals surface area contributed by atoms with Crippen LogP contribution in [-0.4, -0.2) is 34.0 Å². The predicted octanol–water partition coefficient (Wildman–Crippen LogP) is 10.1.